The van der Waals surface area contributed by atoms with Crippen molar-refractivity contribution in [3.8, 4) is 0 Å². The number of fused-ring (bicyclic) bond motifs is 6. The molecule has 0 radical (unpaired) electrons. The summed E-state index contributed by atoms with van der Waals surface area (Å²) in [5.74, 6) is 3.55. The predicted molar refractivity (Wildman–Crippen MR) is 124 cm³/mol. The smallest absolute Gasteiger partial charge is 0.157 e. The Morgan fingerprint density at radius 2 is 2.00 bits per heavy atom. The molecular formula is C27H36FN3O2. The van der Waals surface area contributed by atoms with Gasteiger partial charge in [-0.25, -0.2) is 4.39 Å². The molecule has 0 aliphatic heterocycles. The van der Waals surface area contributed by atoms with E-state index in [2.05, 4.69) is 17.0 Å². The van der Waals surface area contributed by atoms with Gasteiger partial charge in [0.15, 0.2) is 5.78 Å². The highest BCUT2D eigenvalue weighted by Crippen LogP contribution is 2.64. The number of nitrogens with zero attached hydrogens (tertiary/aromatic N) is 3. The summed E-state index contributed by atoms with van der Waals surface area (Å²) in [6, 6.07) is 3.88. The van der Waals surface area contributed by atoms with E-state index in [1.165, 1.54) is 12.8 Å². The number of alkyl halides is 1. The molecule has 0 saturated heterocycles. The average molecular weight is 454 g/mol. The number of hydrogen-bond acceptors (Lipinski definition) is 4. The number of aliphatic hydroxyl groups is 1. The van der Waals surface area contributed by atoms with Crippen LogP contribution in [0, 0.1) is 40.9 Å². The van der Waals surface area contributed by atoms with Gasteiger partial charge in [-0.15, -0.1) is 0 Å². The molecule has 6 rings (SSSR count). The molecule has 6 heteroatoms. The number of ketones is 1. The van der Waals surface area contributed by atoms with Crippen LogP contribution in [-0.2, 0) is 11.3 Å². The van der Waals surface area contributed by atoms with Gasteiger partial charge in [0.2, 0.25) is 0 Å². The highest BCUT2D eigenvalue weighted by molar-refractivity contribution is 5.84. The molecule has 8 unspecified atom stereocenters. The maximum absolute atomic E-state index is 13.6. The van der Waals surface area contributed by atoms with Gasteiger partial charge in [0, 0.05) is 12.1 Å². The van der Waals surface area contributed by atoms with Crippen LogP contribution in [-0.4, -0.2) is 37.9 Å². The van der Waals surface area contributed by atoms with E-state index >= 15 is 0 Å². The van der Waals surface area contributed by atoms with E-state index in [1.807, 2.05) is 16.8 Å². The van der Waals surface area contributed by atoms with Crippen LogP contribution in [0.4, 0.5) is 4.39 Å². The minimum absolute atomic E-state index is 0.0840. The van der Waals surface area contributed by atoms with Crippen LogP contribution in [0.15, 0.2) is 24.5 Å². The number of pyridine rings is 1. The van der Waals surface area contributed by atoms with Crippen LogP contribution in [0.3, 0.4) is 0 Å². The zero-order valence-corrected chi connectivity index (χ0v) is 19.6. The van der Waals surface area contributed by atoms with Crippen LogP contribution in [0.25, 0.3) is 11.0 Å². The quantitative estimate of drug-likeness (QED) is 0.710. The number of carbonyl (C=O) groups is 1. The van der Waals surface area contributed by atoms with Crippen molar-refractivity contribution < 1.29 is 14.3 Å². The zero-order valence-electron chi connectivity index (χ0n) is 19.6. The lowest BCUT2D eigenvalue weighted by atomic mass is 9.49. The van der Waals surface area contributed by atoms with Gasteiger partial charge >= 0.3 is 0 Å². The maximum atomic E-state index is 13.6. The Morgan fingerprint density at radius 3 is 2.85 bits per heavy atom. The molecule has 4 saturated carbocycles. The first-order valence-corrected chi connectivity index (χ1v) is 13.0. The van der Waals surface area contributed by atoms with E-state index in [-0.39, 0.29) is 11.3 Å². The Hall–Kier alpha value is -1.82. The minimum atomic E-state index is -1.08. The first kappa shape index (κ1) is 21.7. The summed E-state index contributed by atoms with van der Waals surface area (Å²) in [4.78, 5) is 17.9. The molecular weight excluding hydrogens is 417 g/mol. The number of rotatable bonds is 4. The fourth-order valence-electron chi connectivity index (χ4n) is 8.91. The molecule has 2 aromatic heterocycles. The topological polar surface area (TPSA) is 68.0 Å². The molecule has 33 heavy (non-hydrogen) atoms. The van der Waals surface area contributed by atoms with Gasteiger partial charge in [-0.1, -0.05) is 6.92 Å². The van der Waals surface area contributed by atoms with Crippen molar-refractivity contribution in [3.05, 3.63) is 24.5 Å². The maximum Gasteiger partial charge on any atom is 0.157 e. The van der Waals surface area contributed by atoms with Crippen LogP contribution in [0.2, 0.25) is 0 Å². The number of Topliss-reactive ketones (excluding diaryl/α,β-unsaturated/α-hetero) is 1. The highest BCUT2D eigenvalue weighted by atomic mass is 19.1. The van der Waals surface area contributed by atoms with E-state index in [1.54, 1.807) is 12.4 Å². The lowest BCUT2D eigenvalue weighted by Gasteiger charge is -2.56. The number of aromatic nitrogens is 3. The van der Waals surface area contributed by atoms with Crippen molar-refractivity contribution in [1.82, 2.24) is 14.8 Å². The van der Waals surface area contributed by atoms with Gasteiger partial charge < -0.3 is 5.11 Å². The molecule has 4 aliphatic carbocycles. The van der Waals surface area contributed by atoms with Gasteiger partial charge in [-0.2, -0.15) is 5.10 Å². The summed E-state index contributed by atoms with van der Waals surface area (Å²) in [5, 5.41) is 15.0. The molecule has 4 fully saturated rings. The van der Waals surface area contributed by atoms with Crippen molar-refractivity contribution in [2.45, 2.75) is 76.9 Å². The number of carbonyl (C=O) groups excluding carboxylic acids is 1. The molecule has 5 nitrogen and oxygen atoms in total. The standard InChI is InChI=1S/C27H36FN3O2/c1-26-10-8-19-18-9-11-27(33,16-28)13-17(18)4-5-20(19)21(26)6-7-22(26)25(32)15-31-24-3-2-12-29-23(24)14-30-31/h2-3,12,14,17-22,33H,4-11,13,15-16H2,1H3. The molecule has 0 bridgehead atoms. The molecule has 0 spiro atoms. The lowest BCUT2D eigenvalue weighted by molar-refractivity contribution is -0.134. The summed E-state index contributed by atoms with van der Waals surface area (Å²) < 4.78 is 15.3. The van der Waals surface area contributed by atoms with Gasteiger partial charge in [0.05, 0.1) is 17.3 Å². The Labute approximate surface area is 195 Å². The van der Waals surface area contributed by atoms with E-state index in [9.17, 15) is 14.3 Å². The van der Waals surface area contributed by atoms with Crippen molar-refractivity contribution in [1.29, 1.82) is 0 Å². The van der Waals surface area contributed by atoms with Gasteiger partial charge in [-0.3, -0.25) is 14.5 Å². The van der Waals surface area contributed by atoms with E-state index in [0.717, 1.165) is 43.1 Å². The largest absolute Gasteiger partial charge is 0.387 e. The van der Waals surface area contributed by atoms with Crippen LogP contribution < -0.4 is 0 Å². The number of halogens is 1. The second-order valence-electron chi connectivity index (χ2n) is 11.9. The summed E-state index contributed by atoms with van der Waals surface area (Å²) in [6.07, 6.45) is 12.5. The Bertz CT molecular complexity index is 1050. The second-order valence-corrected chi connectivity index (χ2v) is 11.9. The van der Waals surface area contributed by atoms with Crippen molar-refractivity contribution in [2.75, 3.05) is 6.67 Å². The first-order valence-electron chi connectivity index (χ1n) is 13.0. The molecule has 1 N–H and O–H groups in total. The average Bonchev–Trinajstić information content (AvgIpc) is 3.39. The fourth-order valence-corrected chi connectivity index (χ4v) is 8.91. The first-order chi connectivity index (χ1) is 15.9. The Morgan fingerprint density at radius 1 is 1.15 bits per heavy atom. The summed E-state index contributed by atoms with van der Waals surface area (Å²) in [5.41, 5.74) is 0.776. The van der Waals surface area contributed by atoms with E-state index in [4.69, 9.17) is 0 Å². The summed E-state index contributed by atoms with van der Waals surface area (Å²) >= 11 is 0. The monoisotopic (exact) mass is 453 g/mol. The molecule has 0 amide bonds. The van der Waals surface area contributed by atoms with Crippen molar-refractivity contribution in [3.63, 3.8) is 0 Å². The third-order valence-corrected chi connectivity index (χ3v) is 10.5. The van der Waals surface area contributed by atoms with Crippen LogP contribution >= 0.6 is 0 Å². The van der Waals surface area contributed by atoms with E-state index < -0.39 is 12.3 Å². The van der Waals surface area contributed by atoms with Gasteiger partial charge in [0.25, 0.3) is 0 Å². The summed E-state index contributed by atoms with van der Waals surface area (Å²) in [7, 11) is 0. The predicted octanol–water partition coefficient (Wildman–Crippen LogP) is 4.97. The van der Waals surface area contributed by atoms with Crippen LogP contribution in [0.5, 0.6) is 0 Å². The van der Waals surface area contributed by atoms with Crippen molar-refractivity contribution >= 4 is 16.8 Å². The van der Waals surface area contributed by atoms with Gasteiger partial charge in [-0.05, 0) is 105 Å². The zero-order chi connectivity index (χ0) is 22.8. The molecule has 0 aromatic carbocycles. The minimum Gasteiger partial charge on any atom is -0.387 e. The summed E-state index contributed by atoms with van der Waals surface area (Å²) in [6.45, 7) is 2.13. The van der Waals surface area contributed by atoms with Gasteiger partial charge in [0.1, 0.15) is 18.7 Å². The Balaban J connectivity index is 1.19. The lowest BCUT2D eigenvalue weighted by Crippen LogP contribution is -2.52. The fraction of sp³-hybridized carbons (Fsp3) is 0.741. The second kappa shape index (κ2) is 7.86. The molecule has 178 valence electrons. The molecule has 2 aromatic rings. The van der Waals surface area contributed by atoms with E-state index in [0.29, 0.717) is 54.8 Å². The highest BCUT2D eigenvalue weighted by Gasteiger charge is 2.59. The SMILES string of the molecule is CC12CCC3C4CCC(O)(CF)CC4CCC3C1CCC2C(=O)Cn1ncc2ncccc21. The van der Waals surface area contributed by atoms with Crippen molar-refractivity contribution in [2.24, 2.45) is 40.9 Å². The van der Waals surface area contributed by atoms with Crippen LogP contribution in [0.1, 0.15) is 64.7 Å². The molecule has 4 aliphatic rings. The molecule has 8 atom stereocenters. The molecule has 2 heterocycles. The normalized spacial score (nSPS) is 42.5. The third-order valence-electron chi connectivity index (χ3n) is 10.5. The number of hydrogen-bond donors (Lipinski definition) is 1. The third kappa shape index (κ3) is 3.38. The Kier molecular flexibility index (Phi) is 5.17.